The lowest BCUT2D eigenvalue weighted by Gasteiger charge is -2.10. The fourth-order valence-corrected chi connectivity index (χ4v) is 2.82. The highest BCUT2D eigenvalue weighted by atomic mass is 79.9. The maximum atomic E-state index is 12.2. The predicted octanol–water partition coefficient (Wildman–Crippen LogP) is 4.81. The Kier molecular flexibility index (Phi) is 4.61. The SMILES string of the molecule is CC(Sc1ccc(Br)cc1)C(=O)c1ccccc1. The van der Waals surface area contributed by atoms with E-state index < -0.39 is 0 Å². The van der Waals surface area contributed by atoms with Crippen LogP contribution in [-0.2, 0) is 0 Å². The van der Waals surface area contributed by atoms with E-state index in [1.807, 2.05) is 61.5 Å². The van der Waals surface area contributed by atoms with Crippen molar-refractivity contribution in [3.8, 4) is 0 Å². The first-order valence-electron chi connectivity index (χ1n) is 5.68. The number of Topliss-reactive ketones (excluding diaryl/α,β-unsaturated/α-hetero) is 1. The highest BCUT2D eigenvalue weighted by molar-refractivity contribution is 9.10. The van der Waals surface area contributed by atoms with Crippen LogP contribution in [0.4, 0.5) is 0 Å². The van der Waals surface area contributed by atoms with Gasteiger partial charge in [-0.3, -0.25) is 4.79 Å². The van der Waals surface area contributed by atoms with Gasteiger partial charge in [0.05, 0.1) is 5.25 Å². The Bertz CT molecular complexity index is 522. The Morgan fingerprint density at radius 3 is 2.28 bits per heavy atom. The zero-order valence-corrected chi connectivity index (χ0v) is 12.4. The van der Waals surface area contributed by atoms with Crippen molar-refractivity contribution in [2.75, 3.05) is 0 Å². The van der Waals surface area contributed by atoms with Crippen molar-refractivity contribution in [2.45, 2.75) is 17.1 Å². The number of halogens is 1. The molecule has 0 heterocycles. The van der Waals surface area contributed by atoms with Crippen LogP contribution in [0.5, 0.6) is 0 Å². The standard InChI is InChI=1S/C15H13BrOS/c1-11(15(17)12-5-3-2-4-6-12)18-14-9-7-13(16)8-10-14/h2-11H,1H3. The van der Waals surface area contributed by atoms with Crippen LogP contribution in [0.15, 0.2) is 64.0 Å². The Morgan fingerprint density at radius 2 is 1.67 bits per heavy atom. The van der Waals surface area contributed by atoms with E-state index in [1.165, 1.54) is 0 Å². The quantitative estimate of drug-likeness (QED) is 0.594. The third kappa shape index (κ3) is 3.47. The summed E-state index contributed by atoms with van der Waals surface area (Å²) in [4.78, 5) is 13.3. The molecule has 18 heavy (non-hydrogen) atoms. The molecule has 1 unspecified atom stereocenters. The summed E-state index contributed by atoms with van der Waals surface area (Å²) >= 11 is 4.99. The first kappa shape index (κ1) is 13.4. The van der Waals surface area contributed by atoms with Crippen molar-refractivity contribution in [1.29, 1.82) is 0 Å². The van der Waals surface area contributed by atoms with Gasteiger partial charge in [-0.2, -0.15) is 0 Å². The molecule has 2 rings (SSSR count). The summed E-state index contributed by atoms with van der Waals surface area (Å²) in [7, 11) is 0. The van der Waals surface area contributed by atoms with Crippen LogP contribution in [0.3, 0.4) is 0 Å². The van der Waals surface area contributed by atoms with Crippen molar-refractivity contribution in [2.24, 2.45) is 0 Å². The second-order valence-corrected chi connectivity index (χ2v) is 6.27. The summed E-state index contributed by atoms with van der Waals surface area (Å²) in [5.41, 5.74) is 0.773. The van der Waals surface area contributed by atoms with Gasteiger partial charge in [0.25, 0.3) is 0 Å². The van der Waals surface area contributed by atoms with Crippen LogP contribution >= 0.6 is 27.7 Å². The monoisotopic (exact) mass is 320 g/mol. The minimum absolute atomic E-state index is 0.0754. The largest absolute Gasteiger partial charge is 0.293 e. The smallest absolute Gasteiger partial charge is 0.175 e. The molecule has 0 amide bonds. The van der Waals surface area contributed by atoms with Crippen molar-refractivity contribution in [3.63, 3.8) is 0 Å². The van der Waals surface area contributed by atoms with E-state index in [-0.39, 0.29) is 11.0 Å². The topological polar surface area (TPSA) is 17.1 Å². The Balaban J connectivity index is 2.06. The van der Waals surface area contributed by atoms with Crippen molar-refractivity contribution >= 4 is 33.5 Å². The van der Waals surface area contributed by atoms with Gasteiger partial charge in [-0.15, -0.1) is 11.8 Å². The van der Waals surface area contributed by atoms with E-state index in [0.717, 1.165) is 14.9 Å². The first-order valence-corrected chi connectivity index (χ1v) is 7.35. The van der Waals surface area contributed by atoms with E-state index in [0.29, 0.717) is 0 Å². The molecule has 0 radical (unpaired) electrons. The number of thioether (sulfide) groups is 1. The third-order valence-electron chi connectivity index (χ3n) is 2.55. The minimum atomic E-state index is -0.0754. The molecule has 1 nitrogen and oxygen atoms in total. The molecule has 0 aliphatic carbocycles. The molecule has 2 aromatic rings. The molecular weight excluding hydrogens is 308 g/mol. The lowest BCUT2D eigenvalue weighted by molar-refractivity contribution is 0.0994. The summed E-state index contributed by atoms with van der Waals surface area (Å²) in [5.74, 6) is 0.170. The van der Waals surface area contributed by atoms with Gasteiger partial charge in [-0.25, -0.2) is 0 Å². The molecule has 0 aliphatic rings. The van der Waals surface area contributed by atoms with Gasteiger partial charge in [0, 0.05) is 14.9 Å². The summed E-state index contributed by atoms with van der Waals surface area (Å²) < 4.78 is 1.05. The molecule has 0 aliphatic heterocycles. The van der Waals surface area contributed by atoms with Gasteiger partial charge < -0.3 is 0 Å². The van der Waals surface area contributed by atoms with Crippen LogP contribution in [-0.4, -0.2) is 11.0 Å². The summed E-state index contributed by atoms with van der Waals surface area (Å²) in [6.07, 6.45) is 0. The zero-order valence-electron chi connectivity index (χ0n) is 9.97. The number of benzene rings is 2. The molecule has 0 spiro atoms. The van der Waals surface area contributed by atoms with Crippen molar-refractivity contribution in [1.82, 2.24) is 0 Å². The highest BCUT2D eigenvalue weighted by Crippen LogP contribution is 2.26. The molecule has 0 fully saturated rings. The summed E-state index contributed by atoms with van der Waals surface area (Å²) in [6, 6.07) is 17.4. The normalized spacial score (nSPS) is 12.1. The first-order chi connectivity index (χ1) is 8.66. The van der Waals surface area contributed by atoms with E-state index in [4.69, 9.17) is 0 Å². The number of hydrogen-bond donors (Lipinski definition) is 0. The van der Waals surface area contributed by atoms with Gasteiger partial charge >= 0.3 is 0 Å². The zero-order chi connectivity index (χ0) is 13.0. The number of carbonyl (C=O) groups is 1. The van der Waals surface area contributed by atoms with Crippen LogP contribution in [0.2, 0.25) is 0 Å². The van der Waals surface area contributed by atoms with Crippen LogP contribution in [0, 0.1) is 0 Å². The molecule has 92 valence electrons. The fraction of sp³-hybridized carbons (Fsp3) is 0.133. The van der Waals surface area contributed by atoms with E-state index in [2.05, 4.69) is 15.9 Å². The maximum Gasteiger partial charge on any atom is 0.175 e. The molecule has 3 heteroatoms. The molecule has 0 aromatic heterocycles. The molecule has 0 saturated heterocycles. The van der Waals surface area contributed by atoms with Gasteiger partial charge in [0.1, 0.15) is 0 Å². The Hall–Kier alpha value is -1.06. The number of hydrogen-bond acceptors (Lipinski definition) is 2. The minimum Gasteiger partial charge on any atom is -0.293 e. The molecule has 1 atom stereocenters. The summed E-state index contributed by atoms with van der Waals surface area (Å²) in [6.45, 7) is 1.95. The van der Waals surface area contributed by atoms with Gasteiger partial charge in [-0.05, 0) is 31.2 Å². The average Bonchev–Trinajstić information content (AvgIpc) is 2.41. The van der Waals surface area contributed by atoms with Crippen LogP contribution in [0.1, 0.15) is 17.3 Å². The maximum absolute atomic E-state index is 12.2. The van der Waals surface area contributed by atoms with Crippen LogP contribution in [0.25, 0.3) is 0 Å². The molecule has 2 aromatic carbocycles. The van der Waals surface area contributed by atoms with Gasteiger partial charge in [-0.1, -0.05) is 46.3 Å². The van der Waals surface area contributed by atoms with Crippen molar-refractivity contribution < 1.29 is 4.79 Å². The predicted molar refractivity (Wildman–Crippen MR) is 80.2 cm³/mol. The summed E-state index contributed by atoms with van der Waals surface area (Å²) in [5, 5.41) is -0.0754. The average molecular weight is 321 g/mol. The lowest BCUT2D eigenvalue weighted by atomic mass is 10.1. The van der Waals surface area contributed by atoms with Crippen molar-refractivity contribution in [3.05, 3.63) is 64.6 Å². The molecule has 0 saturated carbocycles. The third-order valence-corrected chi connectivity index (χ3v) is 4.19. The van der Waals surface area contributed by atoms with Crippen LogP contribution < -0.4 is 0 Å². The Labute approximate surface area is 120 Å². The van der Waals surface area contributed by atoms with E-state index in [1.54, 1.807) is 11.8 Å². The molecule has 0 bridgehead atoms. The number of rotatable bonds is 4. The number of ketones is 1. The molecule has 0 N–H and O–H groups in total. The number of carbonyl (C=O) groups excluding carboxylic acids is 1. The second-order valence-electron chi connectivity index (χ2n) is 3.94. The van der Waals surface area contributed by atoms with Gasteiger partial charge in [0.15, 0.2) is 5.78 Å². The van der Waals surface area contributed by atoms with Gasteiger partial charge in [0.2, 0.25) is 0 Å². The Morgan fingerprint density at radius 1 is 1.06 bits per heavy atom. The highest BCUT2D eigenvalue weighted by Gasteiger charge is 2.15. The van der Waals surface area contributed by atoms with E-state index in [9.17, 15) is 4.79 Å². The lowest BCUT2D eigenvalue weighted by Crippen LogP contribution is -2.13. The second kappa shape index (κ2) is 6.21. The molecular formula is C15H13BrOS. The fourth-order valence-electron chi connectivity index (χ4n) is 1.61. The van der Waals surface area contributed by atoms with E-state index >= 15 is 0 Å².